The number of likely N-dealkylation sites (N-methyl/N-ethyl adjacent to an activating group) is 1. The van der Waals surface area contributed by atoms with Crippen molar-refractivity contribution in [2.45, 2.75) is 31.7 Å². The van der Waals surface area contributed by atoms with Crippen LogP contribution in [-0.2, 0) is 0 Å². The number of methoxy groups -OCH3 is 1. The first-order valence-electron chi connectivity index (χ1n) is 9.33. The number of likely N-dealkylation sites (tertiary alicyclic amines) is 1. The van der Waals surface area contributed by atoms with E-state index in [9.17, 15) is 0 Å². The molecule has 0 aromatic heterocycles. The number of benzene rings is 1. The zero-order valence-electron chi connectivity index (χ0n) is 16.5. The van der Waals surface area contributed by atoms with Crippen LogP contribution in [-0.4, -0.2) is 63.6 Å². The summed E-state index contributed by atoms with van der Waals surface area (Å²) in [5, 5.41) is 3.61. The summed E-state index contributed by atoms with van der Waals surface area (Å²) in [5.41, 5.74) is 1.87. The van der Waals surface area contributed by atoms with Crippen molar-refractivity contribution in [2.75, 3.05) is 47.9 Å². The SMILES string of the molecule is CN=C(NCC(c1ccc(OC)cc1)N(C)C)N1CCC2(CCC2)C1.I. The molecule has 1 N–H and O–H groups in total. The average Bonchev–Trinajstić information content (AvgIpc) is 3.04. The van der Waals surface area contributed by atoms with Gasteiger partial charge >= 0.3 is 0 Å². The Hall–Kier alpha value is -1.02. The van der Waals surface area contributed by atoms with Gasteiger partial charge in [-0.3, -0.25) is 4.99 Å². The van der Waals surface area contributed by atoms with Crippen LogP contribution in [0, 0.1) is 5.41 Å². The summed E-state index contributed by atoms with van der Waals surface area (Å²) >= 11 is 0. The molecule has 5 nitrogen and oxygen atoms in total. The molecular formula is C20H33IN4O. The van der Waals surface area contributed by atoms with Crippen LogP contribution in [0.1, 0.15) is 37.3 Å². The van der Waals surface area contributed by atoms with Crippen LogP contribution in [0.2, 0.25) is 0 Å². The maximum absolute atomic E-state index is 5.27. The van der Waals surface area contributed by atoms with E-state index in [0.29, 0.717) is 11.5 Å². The Bertz CT molecular complexity index is 598. The third-order valence-electron chi connectivity index (χ3n) is 5.94. The quantitative estimate of drug-likeness (QED) is 0.406. The first-order chi connectivity index (χ1) is 12.1. The number of halogens is 1. The molecule has 0 amide bonds. The summed E-state index contributed by atoms with van der Waals surface area (Å²) < 4.78 is 5.27. The Morgan fingerprint density at radius 1 is 1.27 bits per heavy atom. The third-order valence-corrected chi connectivity index (χ3v) is 5.94. The minimum Gasteiger partial charge on any atom is -0.497 e. The molecule has 3 rings (SSSR count). The molecular weight excluding hydrogens is 439 g/mol. The van der Waals surface area contributed by atoms with E-state index in [1.807, 2.05) is 19.2 Å². The number of nitrogens with zero attached hydrogens (tertiary/aromatic N) is 3. The third kappa shape index (κ3) is 4.63. The molecule has 1 unspecified atom stereocenters. The molecule has 1 saturated heterocycles. The number of aliphatic imine (C=N–C) groups is 1. The predicted octanol–water partition coefficient (Wildman–Crippen LogP) is 3.37. The van der Waals surface area contributed by atoms with Gasteiger partial charge in [-0.05, 0) is 56.5 Å². The number of guanidine groups is 1. The zero-order chi connectivity index (χ0) is 17.9. The molecule has 1 aromatic rings. The standard InChI is InChI=1S/C20H32N4O.HI/c1-21-19(24-13-12-20(15-24)10-5-11-20)22-14-18(23(2)3)16-6-8-17(25-4)9-7-16;/h6-9,18H,5,10-15H2,1-4H3,(H,21,22);1H. The van der Waals surface area contributed by atoms with Crippen LogP contribution in [0.3, 0.4) is 0 Å². The van der Waals surface area contributed by atoms with Gasteiger partial charge in [0.15, 0.2) is 5.96 Å². The van der Waals surface area contributed by atoms with Gasteiger partial charge in [-0.15, -0.1) is 24.0 Å². The van der Waals surface area contributed by atoms with Crippen LogP contribution in [0.5, 0.6) is 5.75 Å². The highest BCUT2D eigenvalue weighted by Gasteiger charge is 2.43. The van der Waals surface area contributed by atoms with E-state index in [1.165, 1.54) is 37.8 Å². The number of rotatable bonds is 5. The fraction of sp³-hybridized carbons (Fsp3) is 0.650. The highest BCUT2D eigenvalue weighted by Crippen LogP contribution is 2.47. The first-order valence-corrected chi connectivity index (χ1v) is 9.33. The number of hydrogen-bond acceptors (Lipinski definition) is 3. The fourth-order valence-corrected chi connectivity index (χ4v) is 4.15. The van der Waals surface area contributed by atoms with Gasteiger partial charge in [-0.2, -0.15) is 0 Å². The summed E-state index contributed by atoms with van der Waals surface area (Å²) in [4.78, 5) is 9.23. The van der Waals surface area contributed by atoms with Crippen molar-refractivity contribution in [3.63, 3.8) is 0 Å². The highest BCUT2D eigenvalue weighted by atomic mass is 127. The molecule has 0 radical (unpaired) electrons. The van der Waals surface area contributed by atoms with Gasteiger partial charge in [-0.25, -0.2) is 0 Å². The van der Waals surface area contributed by atoms with Crippen LogP contribution in [0.15, 0.2) is 29.3 Å². The van der Waals surface area contributed by atoms with Crippen molar-refractivity contribution in [3.05, 3.63) is 29.8 Å². The van der Waals surface area contributed by atoms with Crippen LogP contribution in [0.25, 0.3) is 0 Å². The van der Waals surface area contributed by atoms with Crippen molar-refractivity contribution in [1.82, 2.24) is 15.1 Å². The Kier molecular flexibility index (Phi) is 7.58. The Balaban J connectivity index is 0.00000243. The van der Waals surface area contributed by atoms with Crippen molar-refractivity contribution in [3.8, 4) is 5.75 Å². The molecule has 26 heavy (non-hydrogen) atoms. The molecule has 1 spiro atoms. The molecule has 0 bridgehead atoms. The lowest BCUT2D eigenvalue weighted by atomic mass is 9.68. The molecule has 1 aliphatic carbocycles. The topological polar surface area (TPSA) is 40.1 Å². The van der Waals surface area contributed by atoms with Gasteiger partial charge in [-0.1, -0.05) is 18.6 Å². The molecule has 1 heterocycles. The normalized spacial score (nSPS) is 19.9. The van der Waals surface area contributed by atoms with E-state index in [0.717, 1.165) is 24.8 Å². The maximum atomic E-state index is 5.27. The second-order valence-corrected chi connectivity index (χ2v) is 7.71. The minimum atomic E-state index is 0. The average molecular weight is 472 g/mol. The molecule has 2 aliphatic rings. The molecule has 1 saturated carbocycles. The van der Waals surface area contributed by atoms with Crippen LogP contribution < -0.4 is 10.1 Å². The summed E-state index contributed by atoms with van der Waals surface area (Å²) in [6, 6.07) is 8.64. The predicted molar refractivity (Wildman–Crippen MR) is 119 cm³/mol. The molecule has 1 aliphatic heterocycles. The lowest BCUT2D eigenvalue weighted by Crippen LogP contribution is -2.45. The Morgan fingerprint density at radius 3 is 2.42 bits per heavy atom. The van der Waals surface area contributed by atoms with Crippen LogP contribution >= 0.6 is 24.0 Å². The number of ether oxygens (including phenoxy) is 1. The zero-order valence-corrected chi connectivity index (χ0v) is 18.8. The summed E-state index contributed by atoms with van der Waals surface area (Å²) in [6.45, 7) is 3.15. The van der Waals surface area contributed by atoms with E-state index in [1.54, 1.807) is 7.11 Å². The fourth-order valence-electron chi connectivity index (χ4n) is 4.15. The highest BCUT2D eigenvalue weighted by molar-refractivity contribution is 14.0. The van der Waals surface area contributed by atoms with Crippen molar-refractivity contribution in [1.29, 1.82) is 0 Å². The van der Waals surface area contributed by atoms with Gasteiger partial charge in [0.05, 0.1) is 13.2 Å². The second-order valence-electron chi connectivity index (χ2n) is 7.71. The molecule has 146 valence electrons. The largest absolute Gasteiger partial charge is 0.497 e. The summed E-state index contributed by atoms with van der Waals surface area (Å²) in [6.07, 6.45) is 5.52. The number of hydrogen-bond donors (Lipinski definition) is 1. The molecule has 6 heteroatoms. The molecule has 2 fully saturated rings. The maximum Gasteiger partial charge on any atom is 0.193 e. The summed E-state index contributed by atoms with van der Waals surface area (Å²) in [7, 11) is 7.85. The lowest BCUT2D eigenvalue weighted by Gasteiger charge is -2.38. The van der Waals surface area contributed by atoms with E-state index >= 15 is 0 Å². The lowest BCUT2D eigenvalue weighted by molar-refractivity contribution is 0.151. The van der Waals surface area contributed by atoms with Crippen LogP contribution in [0.4, 0.5) is 0 Å². The van der Waals surface area contributed by atoms with Crippen molar-refractivity contribution < 1.29 is 4.74 Å². The van der Waals surface area contributed by atoms with Gasteiger partial charge in [0.1, 0.15) is 5.75 Å². The van der Waals surface area contributed by atoms with Gasteiger partial charge < -0.3 is 19.9 Å². The van der Waals surface area contributed by atoms with E-state index in [2.05, 4.69) is 46.3 Å². The number of nitrogens with one attached hydrogen (secondary N) is 1. The molecule has 1 atom stereocenters. The summed E-state index contributed by atoms with van der Waals surface area (Å²) in [5.74, 6) is 1.94. The first kappa shape index (κ1) is 21.3. The second kappa shape index (κ2) is 9.26. The monoisotopic (exact) mass is 472 g/mol. The van der Waals surface area contributed by atoms with Crippen molar-refractivity contribution in [2.24, 2.45) is 10.4 Å². The van der Waals surface area contributed by atoms with Gasteiger partial charge in [0, 0.05) is 26.7 Å². The van der Waals surface area contributed by atoms with E-state index in [4.69, 9.17) is 4.74 Å². The Morgan fingerprint density at radius 2 is 1.96 bits per heavy atom. The Labute approximate surface area is 175 Å². The molecule has 1 aromatic carbocycles. The smallest absolute Gasteiger partial charge is 0.193 e. The van der Waals surface area contributed by atoms with E-state index in [-0.39, 0.29) is 24.0 Å². The van der Waals surface area contributed by atoms with Gasteiger partial charge in [0.2, 0.25) is 0 Å². The van der Waals surface area contributed by atoms with E-state index < -0.39 is 0 Å². The minimum absolute atomic E-state index is 0. The van der Waals surface area contributed by atoms with Crippen molar-refractivity contribution >= 4 is 29.9 Å². The van der Waals surface area contributed by atoms with Gasteiger partial charge in [0.25, 0.3) is 0 Å².